The second-order valence-electron chi connectivity index (χ2n) is 9.12. The van der Waals surface area contributed by atoms with Gasteiger partial charge in [-0.1, -0.05) is 44.2 Å². The molecule has 2 fully saturated rings. The molecule has 0 aliphatic carbocycles. The van der Waals surface area contributed by atoms with E-state index in [1.807, 2.05) is 30.3 Å². The minimum atomic E-state index is -1.01. The van der Waals surface area contributed by atoms with Crippen LogP contribution in [0.2, 0.25) is 0 Å². The fraction of sp³-hybridized carbons (Fsp3) is 0.652. The first-order chi connectivity index (χ1) is 14.4. The Hall–Kier alpha value is -2.12. The highest BCUT2D eigenvalue weighted by molar-refractivity contribution is 5.85. The summed E-state index contributed by atoms with van der Waals surface area (Å²) in [6.45, 7) is 7.19. The Morgan fingerprint density at radius 3 is 2.63 bits per heavy atom. The number of benzene rings is 1. The number of carboxylic acid groups (broad SMARTS) is 1. The molecule has 2 aliphatic heterocycles. The molecular weight excluding hydrogens is 382 g/mol. The molecule has 2 amide bonds. The van der Waals surface area contributed by atoms with Crippen LogP contribution in [0.4, 0.5) is 4.79 Å². The highest BCUT2D eigenvalue weighted by Gasteiger charge is 2.47. The molecule has 0 bridgehead atoms. The molecule has 1 aromatic rings. The zero-order chi connectivity index (χ0) is 21.6. The van der Waals surface area contributed by atoms with Crippen LogP contribution in [-0.2, 0) is 16.0 Å². The summed E-state index contributed by atoms with van der Waals surface area (Å²) in [5.74, 6) is 0.521. The molecule has 3 rings (SSSR count). The maximum absolute atomic E-state index is 12.9. The fourth-order valence-corrected chi connectivity index (χ4v) is 4.71. The molecule has 2 aliphatic rings. The van der Waals surface area contributed by atoms with Gasteiger partial charge in [0.05, 0.1) is 6.04 Å². The van der Waals surface area contributed by atoms with Crippen LogP contribution in [0.5, 0.6) is 0 Å². The van der Waals surface area contributed by atoms with E-state index in [1.165, 1.54) is 0 Å². The lowest BCUT2D eigenvalue weighted by molar-refractivity contribution is -0.124. The number of nitrogens with one attached hydrogen (secondary N) is 2. The van der Waals surface area contributed by atoms with Gasteiger partial charge in [-0.25, -0.2) is 4.79 Å². The molecule has 2 saturated heterocycles. The van der Waals surface area contributed by atoms with E-state index in [1.54, 1.807) is 0 Å². The molecule has 7 nitrogen and oxygen atoms in total. The predicted octanol–water partition coefficient (Wildman–Crippen LogP) is 2.65. The number of carbonyl (C=O) groups excluding carboxylic acids is 1. The Labute approximate surface area is 179 Å². The van der Waals surface area contributed by atoms with Crippen molar-refractivity contribution in [3.63, 3.8) is 0 Å². The van der Waals surface area contributed by atoms with Crippen molar-refractivity contribution in [1.29, 1.82) is 0 Å². The van der Waals surface area contributed by atoms with Gasteiger partial charge in [-0.15, -0.1) is 0 Å². The lowest BCUT2D eigenvalue weighted by atomic mass is 9.87. The summed E-state index contributed by atoms with van der Waals surface area (Å²) in [6.07, 6.45) is 2.82. The van der Waals surface area contributed by atoms with Crippen molar-refractivity contribution in [2.24, 2.45) is 5.92 Å². The van der Waals surface area contributed by atoms with E-state index in [-0.39, 0.29) is 23.5 Å². The summed E-state index contributed by atoms with van der Waals surface area (Å²) in [5, 5.41) is 15.2. The zero-order valence-electron chi connectivity index (χ0n) is 18.1. The maximum atomic E-state index is 12.9. The molecule has 2 atom stereocenters. The van der Waals surface area contributed by atoms with Crippen molar-refractivity contribution in [2.45, 2.75) is 63.6 Å². The van der Waals surface area contributed by atoms with E-state index in [0.29, 0.717) is 38.5 Å². The van der Waals surface area contributed by atoms with Crippen molar-refractivity contribution < 1.29 is 19.4 Å². The number of hydrogen-bond donors (Lipinski definition) is 3. The van der Waals surface area contributed by atoms with E-state index in [0.717, 1.165) is 31.4 Å². The van der Waals surface area contributed by atoms with Gasteiger partial charge in [-0.05, 0) is 43.6 Å². The van der Waals surface area contributed by atoms with Crippen LogP contribution in [0.25, 0.3) is 0 Å². The number of nitrogens with zero attached hydrogens (tertiary/aromatic N) is 1. The highest BCUT2D eigenvalue weighted by atomic mass is 16.5. The molecule has 2 heterocycles. The van der Waals surface area contributed by atoms with Gasteiger partial charge in [0.15, 0.2) is 0 Å². The molecule has 0 radical (unpaired) electrons. The Kier molecular flexibility index (Phi) is 7.72. The summed E-state index contributed by atoms with van der Waals surface area (Å²) >= 11 is 0. The fourth-order valence-electron chi connectivity index (χ4n) is 4.71. The van der Waals surface area contributed by atoms with Gasteiger partial charge in [0.25, 0.3) is 0 Å². The van der Waals surface area contributed by atoms with Crippen LogP contribution >= 0.6 is 0 Å². The monoisotopic (exact) mass is 417 g/mol. The summed E-state index contributed by atoms with van der Waals surface area (Å²) in [7, 11) is 0. The lowest BCUT2D eigenvalue weighted by Gasteiger charge is -2.34. The minimum Gasteiger partial charge on any atom is -0.465 e. The van der Waals surface area contributed by atoms with Crippen LogP contribution < -0.4 is 10.6 Å². The third kappa shape index (κ3) is 6.19. The third-order valence-corrected chi connectivity index (χ3v) is 6.18. The van der Waals surface area contributed by atoms with Crippen molar-refractivity contribution in [2.75, 3.05) is 26.3 Å². The second-order valence-corrected chi connectivity index (χ2v) is 9.12. The number of hydrogen-bond acceptors (Lipinski definition) is 4. The molecule has 3 N–H and O–H groups in total. The lowest BCUT2D eigenvalue weighted by Crippen LogP contribution is -2.46. The van der Waals surface area contributed by atoms with E-state index < -0.39 is 6.09 Å². The smallest absolute Gasteiger partial charge is 0.404 e. The molecule has 7 heteroatoms. The Morgan fingerprint density at radius 2 is 2.00 bits per heavy atom. The van der Waals surface area contributed by atoms with Crippen LogP contribution in [0.15, 0.2) is 30.3 Å². The topological polar surface area (TPSA) is 90.9 Å². The first-order valence-corrected chi connectivity index (χ1v) is 11.0. The molecule has 1 aromatic carbocycles. The molecular formula is C23H35N3O4. The Morgan fingerprint density at radius 1 is 1.30 bits per heavy atom. The maximum Gasteiger partial charge on any atom is 0.404 e. The molecule has 166 valence electrons. The minimum absolute atomic E-state index is 0.100. The van der Waals surface area contributed by atoms with Gasteiger partial charge in [0.1, 0.15) is 0 Å². The van der Waals surface area contributed by atoms with Crippen LogP contribution in [-0.4, -0.2) is 65.9 Å². The van der Waals surface area contributed by atoms with E-state index in [9.17, 15) is 14.7 Å². The molecule has 1 spiro atoms. The van der Waals surface area contributed by atoms with Gasteiger partial charge in [0, 0.05) is 37.9 Å². The SMILES string of the molecule is CC(C)CN(CCC(Cc1ccccc1)NC(=O)O)C1CC2(CCOCC2)NC1=O. The normalized spacial score (nSPS) is 21.7. The molecule has 0 aromatic heterocycles. The van der Waals surface area contributed by atoms with E-state index in [2.05, 4.69) is 29.4 Å². The van der Waals surface area contributed by atoms with Crippen LogP contribution in [0.1, 0.15) is 45.1 Å². The van der Waals surface area contributed by atoms with E-state index >= 15 is 0 Å². The van der Waals surface area contributed by atoms with Crippen molar-refractivity contribution >= 4 is 12.0 Å². The first-order valence-electron chi connectivity index (χ1n) is 11.0. The van der Waals surface area contributed by atoms with Crippen LogP contribution in [0, 0.1) is 5.92 Å². The zero-order valence-corrected chi connectivity index (χ0v) is 18.1. The number of rotatable bonds is 9. The summed E-state index contributed by atoms with van der Waals surface area (Å²) in [4.78, 5) is 26.5. The third-order valence-electron chi connectivity index (χ3n) is 6.18. The van der Waals surface area contributed by atoms with Gasteiger partial charge in [-0.2, -0.15) is 0 Å². The van der Waals surface area contributed by atoms with Crippen molar-refractivity contribution in [3.05, 3.63) is 35.9 Å². The average molecular weight is 418 g/mol. The second kappa shape index (κ2) is 10.3. The average Bonchev–Trinajstić information content (AvgIpc) is 3.01. The summed E-state index contributed by atoms with van der Waals surface area (Å²) < 4.78 is 5.50. The highest BCUT2D eigenvalue weighted by Crippen LogP contribution is 2.33. The predicted molar refractivity (Wildman–Crippen MR) is 115 cm³/mol. The molecule has 30 heavy (non-hydrogen) atoms. The number of carbonyl (C=O) groups is 2. The Bertz CT molecular complexity index is 704. The van der Waals surface area contributed by atoms with E-state index in [4.69, 9.17) is 4.74 Å². The first kappa shape index (κ1) is 22.6. The standard InChI is InChI=1S/C23H35N3O4/c1-17(2)16-26(20-15-23(25-21(20)27)9-12-30-13-10-23)11-8-19(24-22(28)29)14-18-6-4-3-5-7-18/h3-7,17,19-20,24H,8-16H2,1-2H3,(H,25,27)(H,28,29). The van der Waals surface area contributed by atoms with Crippen molar-refractivity contribution in [1.82, 2.24) is 15.5 Å². The van der Waals surface area contributed by atoms with Gasteiger partial charge in [-0.3, -0.25) is 9.69 Å². The summed E-state index contributed by atoms with van der Waals surface area (Å²) in [5.41, 5.74) is 0.962. The number of ether oxygens (including phenoxy) is 1. The Balaban J connectivity index is 1.66. The van der Waals surface area contributed by atoms with Crippen LogP contribution in [0.3, 0.4) is 0 Å². The number of amides is 2. The van der Waals surface area contributed by atoms with Gasteiger partial charge in [0.2, 0.25) is 5.91 Å². The quantitative estimate of drug-likeness (QED) is 0.575. The van der Waals surface area contributed by atoms with Crippen molar-refractivity contribution in [3.8, 4) is 0 Å². The molecule has 0 saturated carbocycles. The van der Waals surface area contributed by atoms with Gasteiger partial charge < -0.3 is 20.5 Å². The molecule has 2 unspecified atom stereocenters. The van der Waals surface area contributed by atoms with Gasteiger partial charge >= 0.3 is 6.09 Å². The summed E-state index contributed by atoms with van der Waals surface area (Å²) in [6, 6.07) is 9.57. The largest absolute Gasteiger partial charge is 0.465 e.